The van der Waals surface area contributed by atoms with Crippen LogP contribution >= 0.6 is 0 Å². The number of hydrogen-bond donors (Lipinski definition) is 1. The lowest BCUT2D eigenvalue weighted by molar-refractivity contribution is -0.107. The van der Waals surface area contributed by atoms with E-state index in [9.17, 15) is 9.90 Å². The molecular weight excluding hydrogens is 216 g/mol. The van der Waals surface area contributed by atoms with Gasteiger partial charge in [-0.1, -0.05) is 20.8 Å². The number of ether oxygens (including phenoxy) is 1. The van der Waals surface area contributed by atoms with Crippen LogP contribution in [0.25, 0.3) is 0 Å². The maximum Gasteiger partial charge on any atom is 0.122 e. The standard InChI is InChI=1S/C14H20O3/c1-14(2,3)12-9-11(17-4)8-10(13(12)16)6-5-7-15/h7-9,16H,5-6H2,1-4H3. The average molecular weight is 236 g/mol. The van der Waals surface area contributed by atoms with Crippen molar-refractivity contribution in [2.45, 2.75) is 39.0 Å². The van der Waals surface area contributed by atoms with Gasteiger partial charge in [0.15, 0.2) is 0 Å². The fraction of sp³-hybridized carbons (Fsp3) is 0.500. The van der Waals surface area contributed by atoms with Gasteiger partial charge >= 0.3 is 0 Å². The van der Waals surface area contributed by atoms with Crippen LogP contribution in [-0.4, -0.2) is 18.5 Å². The van der Waals surface area contributed by atoms with E-state index in [2.05, 4.69) is 0 Å². The van der Waals surface area contributed by atoms with Gasteiger partial charge in [-0.15, -0.1) is 0 Å². The number of rotatable bonds is 4. The third kappa shape index (κ3) is 3.22. The van der Waals surface area contributed by atoms with Gasteiger partial charge in [-0.2, -0.15) is 0 Å². The molecule has 0 amide bonds. The van der Waals surface area contributed by atoms with Crippen LogP contribution in [0.1, 0.15) is 38.3 Å². The molecule has 1 rings (SSSR count). The second kappa shape index (κ2) is 5.21. The van der Waals surface area contributed by atoms with Gasteiger partial charge in [-0.05, 0) is 29.5 Å². The van der Waals surface area contributed by atoms with Crippen molar-refractivity contribution < 1.29 is 14.6 Å². The van der Waals surface area contributed by atoms with Crippen molar-refractivity contribution in [1.29, 1.82) is 0 Å². The smallest absolute Gasteiger partial charge is 0.122 e. The monoisotopic (exact) mass is 236 g/mol. The van der Waals surface area contributed by atoms with Crippen molar-refractivity contribution in [1.82, 2.24) is 0 Å². The van der Waals surface area contributed by atoms with Crippen LogP contribution < -0.4 is 4.74 Å². The maximum atomic E-state index is 10.4. The third-order valence-corrected chi connectivity index (χ3v) is 2.74. The summed E-state index contributed by atoms with van der Waals surface area (Å²) < 4.78 is 5.23. The Balaban J connectivity index is 3.25. The van der Waals surface area contributed by atoms with Gasteiger partial charge in [-0.25, -0.2) is 0 Å². The lowest BCUT2D eigenvalue weighted by Gasteiger charge is -2.23. The molecule has 0 bridgehead atoms. The fourth-order valence-electron chi connectivity index (χ4n) is 1.76. The molecule has 0 aliphatic carbocycles. The Labute approximate surface area is 102 Å². The highest BCUT2D eigenvalue weighted by atomic mass is 16.5. The first-order chi connectivity index (χ1) is 7.90. The molecular formula is C14H20O3. The molecule has 0 fully saturated rings. The van der Waals surface area contributed by atoms with Gasteiger partial charge < -0.3 is 14.6 Å². The Hall–Kier alpha value is -1.51. The molecule has 0 spiro atoms. The molecule has 0 radical (unpaired) electrons. The Morgan fingerprint density at radius 3 is 2.47 bits per heavy atom. The number of hydrogen-bond acceptors (Lipinski definition) is 3. The summed E-state index contributed by atoms with van der Waals surface area (Å²) in [6, 6.07) is 3.63. The molecule has 0 aliphatic rings. The first-order valence-corrected chi connectivity index (χ1v) is 5.74. The van der Waals surface area contributed by atoms with E-state index < -0.39 is 0 Å². The van der Waals surface area contributed by atoms with Crippen LogP contribution in [0.3, 0.4) is 0 Å². The number of aromatic hydroxyl groups is 1. The minimum atomic E-state index is -0.158. The molecule has 0 atom stereocenters. The van der Waals surface area contributed by atoms with Gasteiger partial charge in [0.2, 0.25) is 0 Å². The number of aldehydes is 1. The number of carbonyl (C=O) groups excluding carboxylic acids is 1. The molecule has 0 aliphatic heterocycles. The van der Waals surface area contributed by atoms with Gasteiger partial charge in [0.25, 0.3) is 0 Å². The Kier molecular flexibility index (Phi) is 4.16. The Morgan fingerprint density at radius 2 is 2.00 bits per heavy atom. The van der Waals surface area contributed by atoms with Crippen molar-refractivity contribution in [3.05, 3.63) is 23.3 Å². The van der Waals surface area contributed by atoms with Crippen LogP contribution in [0, 0.1) is 0 Å². The van der Waals surface area contributed by atoms with Crippen LogP contribution in [0.4, 0.5) is 0 Å². The first-order valence-electron chi connectivity index (χ1n) is 5.74. The maximum absolute atomic E-state index is 10.4. The van der Waals surface area contributed by atoms with Crippen molar-refractivity contribution >= 4 is 6.29 Å². The number of phenolic OH excluding ortho intramolecular Hbond substituents is 1. The first kappa shape index (κ1) is 13.6. The van der Waals surface area contributed by atoms with Crippen LogP contribution in [-0.2, 0) is 16.6 Å². The summed E-state index contributed by atoms with van der Waals surface area (Å²) in [5.41, 5.74) is 1.45. The quantitative estimate of drug-likeness (QED) is 0.818. The lowest BCUT2D eigenvalue weighted by atomic mass is 9.84. The van der Waals surface area contributed by atoms with Gasteiger partial charge in [0.1, 0.15) is 17.8 Å². The van der Waals surface area contributed by atoms with E-state index in [4.69, 9.17) is 4.74 Å². The largest absolute Gasteiger partial charge is 0.507 e. The van der Waals surface area contributed by atoms with E-state index in [0.29, 0.717) is 18.6 Å². The van der Waals surface area contributed by atoms with E-state index in [1.165, 1.54) is 0 Å². The topological polar surface area (TPSA) is 46.5 Å². The van der Waals surface area contributed by atoms with E-state index in [1.807, 2.05) is 26.8 Å². The zero-order valence-electron chi connectivity index (χ0n) is 10.9. The molecule has 3 nitrogen and oxygen atoms in total. The van der Waals surface area contributed by atoms with E-state index in [-0.39, 0.29) is 11.2 Å². The molecule has 0 unspecified atom stereocenters. The SMILES string of the molecule is COc1cc(CCC=O)c(O)c(C(C)(C)C)c1. The Bertz CT molecular complexity index is 403. The number of methoxy groups -OCH3 is 1. The summed E-state index contributed by atoms with van der Waals surface area (Å²) in [5.74, 6) is 0.994. The molecule has 1 N–H and O–H groups in total. The molecule has 17 heavy (non-hydrogen) atoms. The lowest BCUT2D eigenvalue weighted by Crippen LogP contribution is -2.12. The normalized spacial score (nSPS) is 11.3. The number of benzene rings is 1. The predicted octanol–water partition coefficient (Wildman–Crippen LogP) is 2.83. The van der Waals surface area contributed by atoms with E-state index >= 15 is 0 Å². The van der Waals surface area contributed by atoms with Crippen molar-refractivity contribution in [2.24, 2.45) is 0 Å². The highest BCUT2D eigenvalue weighted by Gasteiger charge is 2.21. The number of aryl methyl sites for hydroxylation is 1. The van der Waals surface area contributed by atoms with Gasteiger partial charge in [0.05, 0.1) is 7.11 Å². The summed E-state index contributed by atoms with van der Waals surface area (Å²) in [6.07, 6.45) is 1.80. The summed E-state index contributed by atoms with van der Waals surface area (Å²) in [5, 5.41) is 10.2. The summed E-state index contributed by atoms with van der Waals surface area (Å²) >= 11 is 0. The fourth-order valence-corrected chi connectivity index (χ4v) is 1.76. The molecule has 3 heteroatoms. The Morgan fingerprint density at radius 1 is 1.35 bits per heavy atom. The predicted molar refractivity (Wildman–Crippen MR) is 67.7 cm³/mol. The number of carbonyl (C=O) groups is 1. The van der Waals surface area contributed by atoms with Crippen LogP contribution in [0.2, 0.25) is 0 Å². The molecule has 1 aromatic carbocycles. The second-order valence-corrected chi connectivity index (χ2v) is 5.14. The minimum Gasteiger partial charge on any atom is -0.507 e. The zero-order valence-corrected chi connectivity index (χ0v) is 10.9. The van der Waals surface area contributed by atoms with Crippen molar-refractivity contribution in [3.8, 4) is 11.5 Å². The zero-order chi connectivity index (χ0) is 13.1. The van der Waals surface area contributed by atoms with Gasteiger partial charge in [0, 0.05) is 12.0 Å². The molecule has 0 aromatic heterocycles. The summed E-state index contributed by atoms with van der Waals surface area (Å²) in [6.45, 7) is 6.10. The average Bonchev–Trinajstić information content (AvgIpc) is 2.26. The molecule has 0 saturated heterocycles. The summed E-state index contributed by atoms with van der Waals surface area (Å²) in [7, 11) is 1.60. The molecule has 94 valence electrons. The van der Waals surface area contributed by atoms with Crippen LogP contribution in [0.5, 0.6) is 11.5 Å². The highest BCUT2D eigenvalue weighted by molar-refractivity contribution is 5.54. The van der Waals surface area contributed by atoms with E-state index in [0.717, 1.165) is 17.4 Å². The summed E-state index contributed by atoms with van der Waals surface area (Å²) in [4.78, 5) is 10.4. The number of phenols is 1. The van der Waals surface area contributed by atoms with Crippen molar-refractivity contribution in [3.63, 3.8) is 0 Å². The second-order valence-electron chi connectivity index (χ2n) is 5.14. The van der Waals surface area contributed by atoms with Crippen LogP contribution in [0.15, 0.2) is 12.1 Å². The van der Waals surface area contributed by atoms with Crippen molar-refractivity contribution in [2.75, 3.05) is 7.11 Å². The molecule has 0 saturated carbocycles. The van der Waals surface area contributed by atoms with Gasteiger partial charge in [-0.3, -0.25) is 0 Å². The third-order valence-electron chi connectivity index (χ3n) is 2.74. The highest BCUT2D eigenvalue weighted by Crippen LogP contribution is 2.37. The molecule has 0 heterocycles. The van der Waals surface area contributed by atoms with E-state index in [1.54, 1.807) is 13.2 Å². The minimum absolute atomic E-state index is 0.158. The molecule has 1 aromatic rings.